The maximum Gasteiger partial charge on any atom is 0.262 e. The molecule has 2 aliphatic heterocycles. The van der Waals surface area contributed by atoms with Crippen molar-refractivity contribution in [3.63, 3.8) is 0 Å². The number of fused-ring (bicyclic) bond motifs is 3. The molecule has 1 saturated heterocycles. The Morgan fingerprint density at radius 2 is 2.07 bits per heavy atom. The van der Waals surface area contributed by atoms with E-state index in [2.05, 4.69) is 4.98 Å². The number of amides is 1. The highest BCUT2D eigenvalue weighted by atomic mass is 32.1. The highest BCUT2D eigenvalue weighted by Crippen LogP contribution is 2.34. The van der Waals surface area contributed by atoms with Gasteiger partial charge in [-0.25, -0.2) is 4.98 Å². The molecule has 1 aliphatic carbocycles. The van der Waals surface area contributed by atoms with E-state index in [1.165, 1.54) is 17.7 Å². The Morgan fingerprint density at radius 1 is 1.28 bits per heavy atom. The second kappa shape index (κ2) is 8.16. The highest BCUT2D eigenvalue weighted by Gasteiger charge is 2.31. The number of carbonyl (C=O) groups is 1. The van der Waals surface area contributed by atoms with Crippen molar-refractivity contribution in [1.29, 1.82) is 0 Å². The fourth-order valence-electron chi connectivity index (χ4n) is 4.99. The van der Waals surface area contributed by atoms with Crippen molar-refractivity contribution in [3.8, 4) is 0 Å². The molecule has 2 aromatic heterocycles. The molecule has 0 aromatic carbocycles. The van der Waals surface area contributed by atoms with Crippen LogP contribution in [0.5, 0.6) is 0 Å². The number of carbonyl (C=O) groups excluding carboxylic acids is 1. The molecule has 0 bridgehead atoms. The lowest BCUT2D eigenvalue weighted by molar-refractivity contribution is -0.908. The summed E-state index contributed by atoms with van der Waals surface area (Å²) in [5, 5.41) is 0.789. The van der Waals surface area contributed by atoms with Gasteiger partial charge < -0.3 is 14.5 Å². The van der Waals surface area contributed by atoms with Crippen LogP contribution in [0, 0.1) is 5.92 Å². The average Bonchev–Trinajstić information content (AvgIpc) is 3.41. The molecule has 0 radical (unpaired) electrons. The Labute approximate surface area is 174 Å². The quantitative estimate of drug-likeness (QED) is 0.784. The van der Waals surface area contributed by atoms with Crippen LogP contribution in [0.2, 0.25) is 0 Å². The van der Waals surface area contributed by atoms with Crippen LogP contribution in [0.3, 0.4) is 0 Å². The largest absolute Gasteiger partial charge is 0.370 e. The van der Waals surface area contributed by atoms with Crippen molar-refractivity contribution in [2.75, 3.05) is 39.4 Å². The molecular formula is C21H29N4O3S+. The predicted octanol–water partition coefficient (Wildman–Crippen LogP) is 0.448. The van der Waals surface area contributed by atoms with Gasteiger partial charge in [-0.2, -0.15) is 0 Å². The number of rotatable bonds is 4. The average molecular weight is 418 g/mol. The zero-order valence-electron chi connectivity index (χ0n) is 16.8. The van der Waals surface area contributed by atoms with Crippen molar-refractivity contribution in [3.05, 3.63) is 27.1 Å². The molecule has 0 unspecified atom stereocenters. The molecule has 2 fully saturated rings. The number of nitrogens with one attached hydrogen (secondary N) is 1. The van der Waals surface area contributed by atoms with Gasteiger partial charge in [-0.05, 0) is 24.8 Å². The van der Waals surface area contributed by atoms with Gasteiger partial charge in [-0.3, -0.25) is 14.2 Å². The van der Waals surface area contributed by atoms with Crippen LogP contribution in [0.1, 0.15) is 36.1 Å². The number of thiophene rings is 1. The van der Waals surface area contributed by atoms with Gasteiger partial charge >= 0.3 is 0 Å². The first-order chi connectivity index (χ1) is 14.2. The minimum atomic E-state index is 0.0794. The van der Waals surface area contributed by atoms with Crippen LogP contribution in [0.15, 0.2) is 11.1 Å². The van der Waals surface area contributed by atoms with Crippen molar-refractivity contribution in [2.24, 2.45) is 5.92 Å². The van der Waals surface area contributed by atoms with Gasteiger partial charge in [0.05, 0.1) is 44.6 Å². The summed E-state index contributed by atoms with van der Waals surface area (Å²) in [5.74, 6) is 0.522. The third-order valence-corrected chi connectivity index (χ3v) is 7.87. The molecule has 8 heteroatoms. The fraction of sp³-hybridized carbons (Fsp3) is 0.667. The number of aromatic nitrogens is 2. The first-order valence-electron chi connectivity index (χ1n) is 10.9. The summed E-state index contributed by atoms with van der Waals surface area (Å²) >= 11 is 1.59. The molecule has 3 aliphatic rings. The second-order valence-electron chi connectivity index (χ2n) is 8.53. The fourth-order valence-corrected chi connectivity index (χ4v) is 6.18. The summed E-state index contributed by atoms with van der Waals surface area (Å²) in [6, 6.07) is 0. The van der Waals surface area contributed by atoms with E-state index in [1.54, 1.807) is 22.2 Å². The van der Waals surface area contributed by atoms with Crippen LogP contribution in [0.4, 0.5) is 0 Å². The van der Waals surface area contributed by atoms with Crippen LogP contribution in [-0.4, -0.2) is 59.8 Å². The number of hydrogen-bond donors (Lipinski definition) is 1. The maximum absolute atomic E-state index is 13.2. The molecule has 0 atom stereocenters. The number of morpholine rings is 1. The van der Waals surface area contributed by atoms with Crippen LogP contribution in [0.25, 0.3) is 10.2 Å². The SMILES string of the molecule is O=C(C1CCCC1)N1CCc2c(sc3ncn(CC[NH+]4CCOCC4)c(=O)c23)C1. The van der Waals surface area contributed by atoms with Crippen molar-refractivity contribution in [1.82, 2.24) is 14.5 Å². The van der Waals surface area contributed by atoms with Crippen molar-refractivity contribution < 1.29 is 14.4 Å². The van der Waals surface area contributed by atoms with Crippen molar-refractivity contribution >= 4 is 27.5 Å². The van der Waals surface area contributed by atoms with E-state index in [0.717, 1.165) is 79.3 Å². The number of nitrogens with zero attached hydrogens (tertiary/aromatic N) is 3. The van der Waals surface area contributed by atoms with Gasteiger partial charge in [0.15, 0.2) is 0 Å². The van der Waals surface area contributed by atoms with Crippen LogP contribution >= 0.6 is 11.3 Å². The Morgan fingerprint density at radius 3 is 2.86 bits per heavy atom. The molecule has 7 nitrogen and oxygen atoms in total. The van der Waals surface area contributed by atoms with Gasteiger partial charge in [0.1, 0.15) is 17.9 Å². The Balaban J connectivity index is 1.35. The molecule has 1 amide bonds. The summed E-state index contributed by atoms with van der Waals surface area (Å²) < 4.78 is 7.19. The Bertz CT molecular complexity index is 957. The van der Waals surface area contributed by atoms with Gasteiger partial charge in [0, 0.05) is 17.3 Å². The monoisotopic (exact) mass is 417 g/mol. The molecule has 1 saturated carbocycles. The van der Waals surface area contributed by atoms with Crippen LogP contribution in [-0.2, 0) is 29.0 Å². The normalized spacial score (nSPS) is 21.0. The third-order valence-electron chi connectivity index (χ3n) is 6.75. The Hall–Kier alpha value is -1.77. The summed E-state index contributed by atoms with van der Waals surface area (Å²) in [5.41, 5.74) is 1.21. The summed E-state index contributed by atoms with van der Waals surface area (Å²) in [7, 11) is 0. The molecule has 156 valence electrons. The topological polar surface area (TPSA) is 68.9 Å². The minimum Gasteiger partial charge on any atom is -0.370 e. The lowest BCUT2D eigenvalue weighted by Gasteiger charge is -2.29. The molecule has 0 spiro atoms. The summed E-state index contributed by atoms with van der Waals surface area (Å²) in [6.45, 7) is 6.58. The lowest BCUT2D eigenvalue weighted by Crippen LogP contribution is -3.14. The first-order valence-corrected chi connectivity index (χ1v) is 11.7. The first kappa shape index (κ1) is 19.2. The highest BCUT2D eigenvalue weighted by molar-refractivity contribution is 7.18. The van der Waals surface area contributed by atoms with E-state index in [4.69, 9.17) is 4.74 Å². The molecule has 2 aromatic rings. The molecule has 29 heavy (non-hydrogen) atoms. The smallest absolute Gasteiger partial charge is 0.262 e. The number of ether oxygens (including phenoxy) is 1. The lowest BCUT2D eigenvalue weighted by atomic mass is 10.0. The summed E-state index contributed by atoms with van der Waals surface area (Å²) in [4.78, 5) is 36.1. The third kappa shape index (κ3) is 3.73. The molecule has 1 N–H and O–H groups in total. The van der Waals surface area contributed by atoms with Gasteiger partial charge in [0.2, 0.25) is 5.91 Å². The van der Waals surface area contributed by atoms with E-state index in [0.29, 0.717) is 19.0 Å². The van der Waals surface area contributed by atoms with E-state index in [-0.39, 0.29) is 11.5 Å². The van der Waals surface area contributed by atoms with Gasteiger partial charge in [0.25, 0.3) is 5.56 Å². The predicted molar refractivity (Wildman–Crippen MR) is 111 cm³/mol. The van der Waals surface area contributed by atoms with E-state index in [1.807, 2.05) is 4.90 Å². The van der Waals surface area contributed by atoms with Crippen LogP contribution < -0.4 is 10.5 Å². The second-order valence-corrected chi connectivity index (χ2v) is 9.61. The zero-order valence-corrected chi connectivity index (χ0v) is 17.6. The zero-order chi connectivity index (χ0) is 19.8. The minimum absolute atomic E-state index is 0.0794. The standard InChI is InChI=1S/C21H28N4O3S/c26-20(15-3-1-2-4-15)24-6-5-16-17(13-24)29-19-18(16)21(27)25(14-22-19)8-7-23-9-11-28-12-10-23/h14-15H,1-13H2/p+1. The van der Waals surface area contributed by atoms with Gasteiger partial charge in [-0.15, -0.1) is 11.3 Å². The number of quaternary nitrogens is 1. The molecular weight excluding hydrogens is 388 g/mol. The van der Waals surface area contributed by atoms with E-state index in [9.17, 15) is 9.59 Å². The summed E-state index contributed by atoms with van der Waals surface area (Å²) in [6.07, 6.45) is 6.89. The van der Waals surface area contributed by atoms with E-state index < -0.39 is 0 Å². The molecule has 5 rings (SSSR count). The Kier molecular flexibility index (Phi) is 5.41. The van der Waals surface area contributed by atoms with E-state index >= 15 is 0 Å². The maximum atomic E-state index is 13.2. The number of hydrogen-bond acceptors (Lipinski definition) is 5. The van der Waals surface area contributed by atoms with Crippen molar-refractivity contribution in [2.45, 2.75) is 45.2 Å². The van der Waals surface area contributed by atoms with Gasteiger partial charge in [-0.1, -0.05) is 12.8 Å². The molecule has 4 heterocycles.